The summed E-state index contributed by atoms with van der Waals surface area (Å²) in [5.41, 5.74) is 4.68. The van der Waals surface area contributed by atoms with Crippen molar-refractivity contribution in [3.63, 3.8) is 0 Å². The first-order chi connectivity index (χ1) is 15.9. The Bertz CT molecular complexity index is 1070. The van der Waals surface area contributed by atoms with Crippen LogP contribution in [0.25, 0.3) is 11.1 Å². The van der Waals surface area contributed by atoms with Crippen molar-refractivity contribution in [3.8, 4) is 11.1 Å². The zero-order valence-corrected chi connectivity index (χ0v) is 19.6. The van der Waals surface area contributed by atoms with Crippen LogP contribution in [0, 0.1) is 17.2 Å². The molecule has 3 heterocycles. The third kappa shape index (κ3) is 3.95. The van der Waals surface area contributed by atoms with Crippen LogP contribution in [0.3, 0.4) is 0 Å². The number of nitrogens with zero attached hydrogens (tertiary/aromatic N) is 1. The Morgan fingerprint density at radius 3 is 2.45 bits per heavy atom. The molecule has 1 N–H and O–H groups in total. The fourth-order valence-electron chi connectivity index (χ4n) is 6.25. The van der Waals surface area contributed by atoms with Crippen molar-refractivity contribution in [2.24, 2.45) is 11.3 Å². The summed E-state index contributed by atoms with van der Waals surface area (Å²) in [4.78, 5) is 15.2. The molecule has 33 heavy (non-hydrogen) atoms. The molecule has 5 heteroatoms. The summed E-state index contributed by atoms with van der Waals surface area (Å²) in [6.45, 7) is 7.32. The van der Waals surface area contributed by atoms with E-state index < -0.39 is 0 Å². The molecule has 2 atom stereocenters. The molecule has 4 fully saturated rings. The zero-order valence-electron chi connectivity index (χ0n) is 19.6. The first kappa shape index (κ1) is 21.2. The number of hydrogen-bond donors (Lipinski definition) is 1. The van der Waals surface area contributed by atoms with Crippen molar-refractivity contribution >= 4 is 6.09 Å². The average molecular weight is 449 g/mol. The van der Waals surface area contributed by atoms with E-state index in [2.05, 4.69) is 36.2 Å². The van der Waals surface area contributed by atoms with Crippen molar-refractivity contribution < 1.29 is 13.9 Å². The third-order valence-electron chi connectivity index (χ3n) is 8.35. The number of rotatable bonds is 4. The van der Waals surface area contributed by atoms with Gasteiger partial charge in [-0.2, -0.15) is 0 Å². The van der Waals surface area contributed by atoms with E-state index in [1.165, 1.54) is 18.4 Å². The van der Waals surface area contributed by atoms with E-state index in [0.29, 0.717) is 17.4 Å². The average Bonchev–Trinajstić information content (AvgIpc) is 3.61. The minimum Gasteiger partial charge on any atom is -0.445 e. The summed E-state index contributed by atoms with van der Waals surface area (Å²) < 4.78 is 21.2. The standard InChI is InChI=1S/C28H33FN2O2/c1-28(2)15-21-13-22(19-7-5-18(6-8-19)17-3-4-17)24(29)14-23(21)26(28)30-27(32)33-25-16-31-11-9-20(25)10-12-31/h5-8,13-14,17,20,25-26H,3-4,9-12,15-16H2,1-2H3,(H,30,32)/t25-,26?/m0/s1. The molecule has 1 saturated carbocycles. The number of alkyl carbamates (subject to hydrolysis) is 1. The Hall–Kier alpha value is -2.40. The van der Waals surface area contributed by atoms with Gasteiger partial charge in [-0.25, -0.2) is 9.18 Å². The number of halogens is 1. The maximum atomic E-state index is 15.3. The summed E-state index contributed by atoms with van der Waals surface area (Å²) in [6.07, 6.45) is 5.11. The van der Waals surface area contributed by atoms with Crippen molar-refractivity contribution in [2.45, 2.75) is 64.0 Å². The van der Waals surface area contributed by atoms with Crippen LogP contribution in [0.2, 0.25) is 0 Å². The van der Waals surface area contributed by atoms with Crippen LogP contribution in [0.4, 0.5) is 9.18 Å². The van der Waals surface area contributed by atoms with Crippen LogP contribution in [0.15, 0.2) is 36.4 Å². The molecule has 2 bridgehead atoms. The summed E-state index contributed by atoms with van der Waals surface area (Å²) in [7, 11) is 0. The fourth-order valence-corrected chi connectivity index (χ4v) is 6.25. The van der Waals surface area contributed by atoms with E-state index >= 15 is 4.39 Å². The number of carbonyl (C=O) groups is 1. The molecule has 2 aromatic carbocycles. The lowest BCUT2D eigenvalue weighted by Gasteiger charge is -2.44. The topological polar surface area (TPSA) is 41.6 Å². The zero-order chi connectivity index (χ0) is 22.7. The lowest BCUT2D eigenvalue weighted by molar-refractivity contribution is -0.0349. The highest BCUT2D eigenvalue weighted by atomic mass is 19.1. The Morgan fingerprint density at radius 2 is 1.82 bits per heavy atom. The number of piperidine rings is 3. The van der Waals surface area contributed by atoms with Gasteiger partial charge in [-0.15, -0.1) is 0 Å². The quantitative estimate of drug-likeness (QED) is 0.641. The Labute approximate surface area is 195 Å². The van der Waals surface area contributed by atoms with Crippen molar-refractivity contribution in [3.05, 3.63) is 58.9 Å². The number of benzene rings is 2. The Kier molecular flexibility index (Phi) is 5.02. The smallest absolute Gasteiger partial charge is 0.407 e. The minimum atomic E-state index is -0.375. The van der Waals surface area contributed by atoms with Crippen LogP contribution < -0.4 is 5.32 Å². The third-order valence-corrected chi connectivity index (χ3v) is 8.35. The van der Waals surface area contributed by atoms with Crippen LogP contribution in [-0.4, -0.2) is 36.7 Å². The molecular formula is C28H33FN2O2. The molecule has 0 radical (unpaired) electrons. The highest BCUT2D eigenvalue weighted by molar-refractivity contribution is 5.70. The molecule has 4 nitrogen and oxygen atoms in total. The van der Waals surface area contributed by atoms with Gasteiger partial charge in [0.05, 0.1) is 6.04 Å². The lowest BCUT2D eigenvalue weighted by atomic mass is 9.85. The van der Waals surface area contributed by atoms with Crippen LogP contribution in [0.5, 0.6) is 0 Å². The summed E-state index contributed by atoms with van der Waals surface area (Å²) in [6, 6.07) is 11.7. The van der Waals surface area contributed by atoms with Gasteiger partial charge in [0.2, 0.25) is 0 Å². The van der Waals surface area contributed by atoms with Gasteiger partial charge < -0.3 is 10.1 Å². The number of nitrogens with one attached hydrogen (secondary N) is 1. The number of carbonyl (C=O) groups excluding carboxylic acids is 1. The molecule has 1 unspecified atom stereocenters. The molecule has 2 aromatic rings. The van der Waals surface area contributed by atoms with Gasteiger partial charge >= 0.3 is 6.09 Å². The van der Waals surface area contributed by atoms with Crippen LogP contribution >= 0.6 is 0 Å². The summed E-state index contributed by atoms with van der Waals surface area (Å²) in [5, 5.41) is 3.10. The SMILES string of the molecule is CC1(C)Cc2cc(-c3ccc(C4CC4)cc3)c(F)cc2C1NC(=O)O[C@H]1CN2CCC1CC2. The van der Waals surface area contributed by atoms with Gasteiger partial charge in [-0.1, -0.05) is 38.1 Å². The molecule has 3 aliphatic heterocycles. The van der Waals surface area contributed by atoms with E-state index in [1.807, 2.05) is 18.2 Å². The predicted molar refractivity (Wildman–Crippen MR) is 127 cm³/mol. The summed E-state index contributed by atoms with van der Waals surface area (Å²) in [5.74, 6) is 0.927. The molecule has 1 amide bonds. The van der Waals surface area contributed by atoms with Gasteiger partial charge in [-0.05, 0) is 96.8 Å². The molecule has 174 valence electrons. The Balaban J connectivity index is 1.21. The first-order valence-corrected chi connectivity index (χ1v) is 12.5. The van der Waals surface area contributed by atoms with Crippen molar-refractivity contribution in [1.29, 1.82) is 0 Å². The van der Waals surface area contributed by atoms with E-state index in [1.54, 1.807) is 6.07 Å². The first-order valence-electron chi connectivity index (χ1n) is 12.5. The maximum Gasteiger partial charge on any atom is 0.407 e. The number of amides is 1. The van der Waals surface area contributed by atoms with Crippen LogP contribution in [0.1, 0.15) is 68.2 Å². The summed E-state index contributed by atoms with van der Waals surface area (Å²) >= 11 is 0. The van der Waals surface area contributed by atoms with Gasteiger partial charge in [0.15, 0.2) is 0 Å². The van der Waals surface area contributed by atoms with Gasteiger partial charge in [0.1, 0.15) is 11.9 Å². The molecule has 0 spiro atoms. The second-order valence-electron chi connectivity index (χ2n) is 11.3. The second kappa shape index (κ2) is 7.83. The van der Waals surface area contributed by atoms with Crippen molar-refractivity contribution in [1.82, 2.24) is 10.2 Å². The molecule has 2 aliphatic carbocycles. The van der Waals surface area contributed by atoms with Gasteiger partial charge in [0, 0.05) is 12.1 Å². The number of ether oxygens (including phenoxy) is 1. The maximum absolute atomic E-state index is 15.3. The second-order valence-corrected chi connectivity index (χ2v) is 11.3. The lowest BCUT2D eigenvalue weighted by Crippen LogP contribution is -2.53. The van der Waals surface area contributed by atoms with Crippen molar-refractivity contribution in [2.75, 3.05) is 19.6 Å². The van der Waals surface area contributed by atoms with E-state index in [-0.39, 0.29) is 29.5 Å². The molecule has 0 aromatic heterocycles. The molecule has 5 aliphatic rings. The molecule has 7 rings (SSSR count). The highest BCUT2D eigenvalue weighted by Crippen LogP contribution is 2.47. The normalized spacial score (nSPS) is 29.5. The van der Waals surface area contributed by atoms with Gasteiger partial charge in [-0.3, -0.25) is 4.90 Å². The number of hydrogen-bond acceptors (Lipinski definition) is 3. The van der Waals surface area contributed by atoms with Crippen LogP contribution in [-0.2, 0) is 11.2 Å². The molecular weight excluding hydrogens is 415 g/mol. The van der Waals surface area contributed by atoms with E-state index in [0.717, 1.165) is 55.6 Å². The monoisotopic (exact) mass is 448 g/mol. The highest BCUT2D eigenvalue weighted by Gasteiger charge is 2.42. The van der Waals surface area contributed by atoms with Gasteiger partial charge in [0.25, 0.3) is 0 Å². The fraction of sp³-hybridized carbons (Fsp3) is 0.536. The molecule has 3 saturated heterocycles. The van der Waals surface area contributed by atoms with E-state index in [9.17, 15) is 4.79 Å². The minimum absolute atomic E-state index is 0.0331. The predicted octanol–water partition coefficient (Wildman–Crippen LogP) is 5.81. The largest absolute Gasteiger partial charge is 0.445 e. The Morgan fingerprint density at radius 1 is 1.09 bits per heavy atom. The number of fused-ring (bicyclic) bond motifs is 4. The van der Waals surface area contributed by atoms with E-state index in [4.69, 9.17) is 4.74 Å².